The fourth-order valence-corrected chi connectivity index (χ4v) is 6.91. The first-order chi connectivity index (χ1) is 12.3. The van der Waals surface area contributed by atoms with E-state index in [9.17, 15) is 13.2 Å². The van der Waals surface area contributed by atoms with Gasteiger partial charge in [0.25, 0.3) is 10.0 Å². The summed E-state index contributed by atoms with van der Waals surface area (Å²) < 4.78 is 27.6. The SMILES string of the molecule is Cc1ccc(S(=O)(=O)N2CCCC(C(=O)N3CCC(C(C)N)CC3)C2)s1. The Labute approximate surface area is 160 Å². The molecule has 0 spiro atoms. The Hall–Kier alpha value is -0.960. The molecule has 1 aromatic rings. The van der Waals surface area contributed by atoms with Crippen LogP contribution in [0.1, 0.15) is 37.5 Å². The molecule has 0 aliphatic carbocycles. The van der Waals surface area contributed by atoms with E-state index in [4.69, 9.17) is 5.73 Å². The van der Waals surface area contributed by atoms with E-state index in [0.29, 0.717) is 23.2 Å². The van der Waals surface area contributed by atoms with Gasteiger partial charge in [-0.1, -0.05) is 0 Å². The number of nitrogens with zero attached hydrogens (tertiary/aromatic N) is 2. The highest BCUT2D eigenvalue weighted by molar-refractivity contribution is 7.91. The lowest BCUT2D eigenvalue weighted by molar-refractivity contribution is -0.138. The van der Waals surface area contributed by atoms with Gasteiger partial charge >= 0.3 is 0 Å². The second-order valence-electron chi connectivity index (χ2n) is 7.59. The van der Waals surface area contributed by atoms with Gasteiger partial charge in [0.2, 0.25) is 5.91 Å². The number of carbonyl (C=O) groups is 1. The second-order valence-corrected chi connectivity index (χ2v) is 11.0. The van der Waals surface area contributed by atoms with Gasteiger partial charge in [0, 0.05) is 37.1 Å². The second kappa shape index (κ2) is 7.96. The fourth-order valence-electron chi connectivity index (χ4n) is 3.94. The Kier molecular flexibility index (Phi) is 6.06. The van der Waals surface area contributed by atoms with Gasteiger partial charge in [-0.2, -0.15) is 4.31 Å². The van der Waals surface area contributed by atoms with Gasteiger partial charge in [-0.05, 0) is 57.6 Å². The summed E-state index contributed by atoms with van der Waals surface area (Å²) in [5, 5.41) is 0. The molecule has 3 heterocycles. The zero-order valence-corrected chi connectivity index (χ0v) is 17.2. The number of piperidine rings is 2. The molecule has 146 valence electrons. The van der Waals surface area contributed by atoms with Gasteiger partial charge in [-0.25, -0.2) is 8.42 Å². The maximum atomic E-state index is 12.9. The molecule has 1 amide bonds. The molecule has 0 radical (unpaired) electrons. The van der Waals surface area contributed by atoms with Crippen molar-refractivity contribution in [1.29, 1.82) is 0 Å². The molecule has 2 atom stereocenters. The molecule has 2 fully saturated rings. The largest absolute Gasteiger partial charge is 0.342 e. The van der Waals surface area contributed by atoms with Crippen molar-refractivity contribution in [2.24, 2.45) is 17.6 Å². The lowest BCUT2D eigenvalue weighted by Gasteiger charge is -2.38. The van der Waals surface area contributed by atoms with E-state index in [1.807, 2.05) is 24.8 Å². The van der Waals surface area contributed by atoms with Crippen LogP contribution in [0, 0.1) is 18.8 Å². The maximum Gasteiger partial charge on any atom is 0.252 e. The first kappa shape index (κ1) is 19.8. The van der Waals surface area contributed by atoms with E-state index in [2.05, 4.69) is 0 Å². The summed E-state index contributed by atoms with van der Waals surface area (Å²) >= 11 is 1.29. The highest BCUT2D eigenvalue weighted by Gasteiger charge is 2.36. The standard InChI is InChI=1S/C18H29N3O3S2/c1-13-5-6-17(25-13)26(23,24)21-9-3-4-16(12-21)18(22)20-10-7-15(8-11-20)14(2)19/h5-6,14-16H,3-4,7-12,19H2,1-2H3. The molecule has 0 aromatic carbocycles. The van der Waals surface area contributed by atoms with Crippen LogP contribution in [0.3, 0.4) is 0 Å². The van der Waals surface area contributed by atoms with Crippen molar-refractivity contribution < 1.29 is 13.2 Å². The number of sulfonamides is 1. The van der Waals surface area contributed by atoms with Crippen LogP contribution in [-0.2, 0) is 14.8 Å². The molecule has 26 heavy (non-hydrogen) atoms. The van der Waals surface area contributed by atoms with Crippen LogP contribution < -0.4 is 5.73 Å². The van der Waals surface area contributed by atoms with Crippen LogP contribution in [0.4, 0.5) is 0 Å². The molecule has 2 aliphatic rings. The fraction of sp³-hybridized carbons (Fsp3) is 0.722. The number of amides is 1. The number of thiophene rings is 1. The van der Waals surface area contributed by atoms with Crippen LogP contribution >= 0.6 is 11.3 Å². The number of rotatable bonds is 4. The third kappa shape index (κ3) is 4.13. The summed E-state index contributed by atoms with van der Waals surface area (Å²) in [6, 6.07) is 3.66. The quantitative estimate of drug-likeness (QED) is 0.840. The van der Waals surface area contributed by atoms with E-state index in [1.54, 1.807) is 6.07 Å². The van der Waals surface area contributed by atoms with Crippen molar-refractivity contribution in [2.45, 2.75) is 49.8 Å². The third-order valence-electron chi connectivity index (χ3n) is 5.64. The van der Waals surface area contributed by atoms with Crippen LogP contribution in [0.5, 0.6) is 0 Å². The number of hydrogen-bond acceptors (Lipinski definition) is 5. The Bertz CT molecular complexity index is 737. The lowest BCUT2D eigenvalue weighted by Crippen LogP contribution is -2.49. The maximum absolute atomic E-state index is 12.9. The molecule has 6 nitrogen and oxygen atoms in total. The van der Waals surface area contributed by atoms with Crippen LogP contribution in [0.25, 0.3) is 0 Å². The van der Waals surface area contributed by atoms with E-state index in [1.165, 1.54) is 15.6 Å². The van der Waals surface area contributed by atoms with Gasteiger partial charge in [0.05, 0.1) is 5.92 Å². The summed E-state index contributed by atoms with van der Waals surface area (Å²) in [5.74, 6) is 0.353. The molecular weight excluding hydrogens is 370 g/mol. The van der Waals surface area contributed by atoms with E-state index < -0.39 is 10.0 Å². The van der Waals surface area contributed by atoms with Crippen LogP contribution in [-0.4, -0.2) is 55.8 Å². The zero-order chi connectivity index (χ0) is 18.9. The molecule has 8 heteroatoms. The number of carbonyl (C=O) groups excluding carboxylic acids is 1. The monoisotopic (exact) mass is 399 g/mol. The van der Waals surface area contributed by atoms with E-state index in [0.717, 1.165) is 43.6 Å². The highest BCUT2D eigenvalue weighted by Crippen LogP contribution is 2.29. The number of nitrogens with two attached hydrogens (primary N) is 1. The van der Waals surface area contributed by atoms with Crippen molar-refractivity contribution in [1.82, 2.24) is 9.21 Å². The molecule has 2 N–H and O–H groups in total. The summed E-state index contributed by atoms with van der Waals surface area (Å²) in [6.45, 7) is 6.19. The number of likely N-dealkylation sites (tertiary alicyclic amines) is 1. The minimum atomic E-state index is -3.49. The molecule has 2 aliphatic heterocycles. The van der Waals surface area contributed by atoms with Crippen LogP contribution in [0.15, 0.2) is 16.3 Å². The third-order valence-corrected chi connectivity index (χ3v) is 8.97. The van der Waals surface area contributed by atoms with Crippen molar-refractivity contribution in [3.8, 4) is 0 Å². The van der Waals surface area contributed by atoms with Gasteiger partial charge in [0.1, 0.15) is 4.21 Å². The lowest BCUT2D eigenvalue weighted by atomic mass is 9.89. The van der Waals surface area contributed by atoms with E-state index in [-0.39, 0.29) is 17.9 Å². The topological polar surface area (TPSA) is 83.7 Å². The first-order valence-electron chi connectivity index (χ1n) is 9.40. The molecule has 1 aromatic heterocycles. The Morgan fingerprint density at radius 3 is 2.50 bits per heavy atom. The number of aryl methyl sites for hydroxylation is 1. The molecule has 0 bridgehead atoms. The summed E-state index contributed by atoms with van der Waals surface area (Å²) in [7, 11) is -3.49. The Balaban J connectivity index is 1.64. The average molecular weight is 400 g/mol. The van der Waals surface area contributed by atoms with Gasteiger partial charge in [-0.3, -0.25) is 4.79 Å². The minimum absolute atomic E-state index is 0.107. The first-order valence-corrected chi connectivity index (χ1v) is 11.7. The zero-order valence-electron chi connectivity index (χ0n) is 15.6. The minimum Gasteiger partial charge on any atom is -0.342 e. The Morgan fingerprint density at radius 1 is 1.23 bits per heavy atom. The molecule has 3 rings (SSSR count). The molecular formula is C18H29N3O3S2. The van der Waals surface area contributed by atoms with Crippen molar-refractivity contribution in [3.63, 3.8) is 0 Å². The average Bonchev–Trinajstić information content (AvgIpc) is 3.08. The van der Waals surface area contributed by atoms with Crippen molar-refractivity contribution >= 4 is 27.3 Å². The van der Waals surface area contributed by atoms with Crippen LogP contribution in [0.2, 0.25) is 0 Å². The normalized spacial score (nSPS) is 24.6. The summed E-state index contributed by atoms with van der Waals surface area (Å²) in [6.07, 6.45) is 3.37. The molecule has 2 unspecified atom stereocenters. The van der Waals surface area contributed by atoms with E-state index >= 15 is 0 Å². The summed E-state index contributed by atoms with van der Waals surface area (Å²) in [5.41, 5.74) is 5.98. The smallest absolute Gasteiger partial charge is 0.252 e. The molecule has 0 saturated carbocycles. The van der Waals surface area contributed by atoms with Gasteiger partial charge < -0.3 is 10.6 Å². The van der Waals surface area contributed by atoms with Crippen molar-refractivity contribution in [3.05, 3.63) is 17.0 Å². The summed E-state index contributed by atoms with van der Waals surface area (Å²) in [4.78, 5) is 15.8. The van der Waals surface area contributed by atoms with Gasteiger partial charge in [0.15, 0.2) is 0 Å². The van der Waals surface area contributed by atoms with Crippen molar-refractivity contribution in [2.75, 3.05) is 26.2 Å². The Morgan fingerprint density at radius 2 is 1.92 bits per heavy atom. The predicted molar refractivity (Wildman–Crippen MR) is 103 cm³/mol. The van der Waals surface area contributed by atoms with Gasteiger partial charge in [-0.15, -0.1) is 11.3 Å². The molecule has 2 saturated heterocycles. The highest BCUT2D eigenvalue weighted by atomic mass is 32.2. The number of hydrogen-bond donors (Lipinski definition) is 1. The predicted octanol–water partition coefficient (Wildman–Crippen LogP) is 2.04.